The van der Waals surface area contributed by atoms with Gasteiger partial charge in [-0.2, -0.15) is 0 Å². The Bertz CT molecular complexity index is 1050. The van der Waals surface area contributed by atoms with Gasteiger partial charge >= 0.3 is 0 Å². The van der Waals surface area contributed by atoms with Gasteiger partial charge in [0.05, 0.1) is 11.2 Å². The van der Waals surface area contributed by atoms with Crippen LogP contribution in [0.5, 0.6) is 0 Å². The molecule has 1 saturated carbocycles. The first-order chi connectivity index (χ1) is 13.1. The lowest BCUT2D eigenvalue weighted by Gasteiger charge is -2.20. The zero-order valence-corrected chi connectivity index (χ0v) is 15.7. The minimum atomic E-state index is 0.229. The zero-order valence-electron chi connectivity index (χ0n) is 15.7. The van der Waals surface area contributed by atoms with Crippen LogP contribution in [0, 0.1) is 13.8 Å². The fourth-order valence-corrected chi connectivity index (χ4v) is 3.99. The van der Waals surface area contributed by atoms with Crippen LogP contribution in [-0.4, -0.2) is 27.4 Å². The molecule has 0 atom stereocenters. The molecular formula is C22H22N4O. The van der Waals surface area contributed by atoms with E-state index >= 15 is 0 Å². The predicted octanol–water partition coefficient (Wildman–Crippen LogP) is 4.31. The molecule has 136 valence electrons. The Morgan fingerprint density at radius 3 is 2.52 bits per heavy atom. The Labute approximate surface area is 158 Å². The van der Waals surface area contributed by atoms with Crippen LogP contribution in [0.15, 0.2) is 30.6 Å². The molecule has 1 saturated heterocycles. The Morgan fingerprint density at radius 1 is 1.07 bits per heavy atom. The van der Waals surface area contributed by atoms with Gasteiger partial charge in [-0.15, -0.1) is 0 Å². The molecule has 0 unspecified atom stereocenters. The number of hydrogen-bond donors (Lipinski definition) is 0. The van der Waals surface area contributed by atoms with Crippen molar-refractivity contribution in [1.82, 2.24) is 15.0 Å². The third-order valence-electron chi connectivity index (χ3n) is 5.62. The van der Waals surface area contributed by atoms with Crippen molar-refractivity contribution in [3.05, 3.63) is 47.5 Å². The third-order valence-corrected chi connectivity index (χ3v) is 5.62. The maximum Gasteiger partial charge on any atom is 0.227 e. The fourth-order valence-electron chi connectivity index (χ4n) is 3.99. The van der Waals surface area contributed by atoms with Crippen LogP contribution in [0.2, 0.25) is 0 Å². The number of anilines is 1. The summed E-state index contributed by atoms with van der Waals surface area (Å²) in [5.74, 6) is 1.58. The summed E-state index contributed by atoms with van der Waals surface area (Å²) >= 11 is 0. The lowest BCUT2D eigenvalue weighted by Crippen LogP contribution is -2.24. The molecule has 5 heteroatoms. The Hall–Kier alpha value is -2.82. The van der Waals surface area contributed by atoms with Gasteiger partial charge in [-0.05, 0) is 68.4 Å². The van der Waals surface area contributed by atoms with Gasteiger partial charge in [-0.3, -0.25) is 4.79 Å². The monoisotopic (exact) mass is 358 g/mol. The van der Waals surface area contributed by atoms with E-state index in [0.29, 0.717) is 12.3 Å². The normalized spacial score (nSPS) is 17.1. The molecule has 0 bridgehead atoms. The molecule has 2 fully saturated rings. The first-order valence-electron chi connectivity index (χ1n) is 9.65. The highest BCUT2D eigenvalue weighted by atomic mass is 16.2. The zero-order chi connectivity index (χ0) is 18.5. The van der Waals surface area contributed by atoms with Gasteiger partial charge in [0.1, 0.15) is 5.82 Å². The molecular weight excluding hydrogens is 336 g/mol. The molecule has 0 spiro atoms. The summed E-state index contributed by atoms with van der Waals surface area (Å²) in [6, 6.07) is 6.50. The molecule has 27 heavy (non-hydrogen) atoms. The third kappa shape index (κ3) is 2.87. The molecule has 0 radical (unpaired) electrons. The number of amides is 1. The van der Waals surface area contributed by atoms with E-state index in [1.807, 2.05) is 24.2 Å². The summed E-state index contributed by atoms with van der Waals surface area (Å²) < 4.78 is 0. The standard InChI is InChI=1S/C22H22N4O/c1-13-8-20-18(10-21(13)26-7-3-4-22(26)27)17(15-5-6-15)9-19(25-20)16-11-23-14(2)24-12-16/h8-12,15H,3-7H2,1-2H3. The van der Waals surface area contributed by atoms with Crippen molar-refractivity contribution in [2.45, 2.75) is 45.4 Å². The lowest BCUT2D eigenvalue weighted by molar-refractivity contribution is -0.117. The summed E-state index contributed by atoms with van der Waals surface area (Å²) in [6.07, 6.45) is 7.71. The van der Waals surface area contributed by atoms with Gasteiger partial charge in [0, 0.05) is 42.0 Å². The molecule has 2 aromatic heterocycles. The average molecular weight is 358 g/mol. The van der Waals surface area contributed by atoms with E-state index in [0.717, 1.165) is 46.8 Å². The van der Waals surface area contributed by atoms with Crippen molar-refractivity contribution < 1.29 is 4.79 Å². The van der Waals surface area contributed by atoms with Crippen LogP contribution in [0.4, 0.5) is 5.69 Å². The van der Waals surface area contributed by atoms with Crippen molar-refractivity contribution >= 4 is 22.5 Å². The summed E-state index contributed by atoms with van der Waals surface area (Å²) in [7, 11) is 0. The fraction of sp³-hybridized carbons (Fsp3) is 0.364. The van der Waals surface area contributed by atoms with Gasteiger partial charge in [0.25, 0.3) is 0 Å². The van der Waals surface area contributed by atoms with Crippen LogP contribution in [-0.2, 0) is 4.79 Å². The van der Waals surface area contributed by atoms with E-state index < -0.39 is 0 Å². The van der Waals surface area contributed by atoms with Gasteiger partial charge in [0.2, 0.25) is 5.91 Å². The average Bonchev–Trinajstić information content (AvgIpc) is 3.42. The molecule has 3 heterocycles. The molecule has 0 N–H and O–H groups in total. The van der Waals surface area contributed by atoms with Crippen LogP contribution in [0.3, 0.4) is 0 Å². The molecule has 1 aliphatic carbocycles. The number of carbonyl (C=O) groups excluding carboxylic acids is 1. The van der Waals surface area contributed by atoms with Crippen molar-refractivity contribution in [3.63, 3.8) is 0 Å². The van der Waals surface area contributed by atoms with E-state index in [1.54, 1.807) is 0 Å². The maximum absolute atomic E-state index is 12.3. The molecule has 5 nitrogen and oxygen atoms in total. The van der Waals surface area contributed by atoms with Crippen LogP contribution < -0.4 is 4.90 Å². The summed E-state index contributed by atoms with van der Waals surface area (Å²) in [5.41, 5.74) is 6.34. The van der Waals surface area contributed by atoms with Gasteiger partial charge < -0.3 is 4.90 Å². The quantitative estimate of drug-likeness (QED) is 0.700. The summed E-state index contributed by atoms with van der Waals surface area (Å²) in [6.45, 7) is 4.77. The number of nitrogens with zero attached hydrogens (tertiary/aromatic N) is 4. The SMILES string of the molecule is Cc1ncc(-c2cc(C3CC3)c3cc(N4CCCC4=O)c(C)cc3n2)cn1. The number of aryl methyl sites for hydroxylation is 2. The van der Waals surface area contributed by atoms with Crippen molar-refractivity contribution in [3.8, 4) is 11.3 Å². The smallest absolute Gasteiger partial charge is 0.227 e. The molecule has 1 aliphatic heterocycles. The Kier molecular flexibility index (Phi) is 3.71. The second kappa shape index (κ2) is 6.12. The Morgan fingerprint density at radius 2 is 1.85 bits per heavy atom. The van der Waals surface area contributed by atoms with Crippen molar-refractivity contribution in [2.75, 3.05) is 11.4 Å². The number of rotatable bonds is 3. The number of carbonyl (C=O) groups is 1. The number of pyridine rings is 1. The van der Waals surface area contributed by atoms with E-state index in [2.05, 4.69) is 35.1 Å². The van der Waals surface area contributed by atoms with E-state index in [9.17, 15) is 4.79 Å². The second-order valence-electron chi connectivity index (χ2n) is 7.69. The van der Waals surface area contributed by atoms with Gasteiger partial charge in [-0.25, -0.2) is 15.0 Å². The summed E-state index contributed by atoms with van der Waals surface area (Å²) in [4.78, 5) is 27.8. The summed E-state index contributed by atoms with van der Waals surface area (Å²) in [5, 5.41) is 1.18. The van der Waals surface area contributed by atoms with E-state index in [-0.39, 0.29) is 5.91 Å². The number of benzene rings is 1. The van der Waals surface area contributed by atoms with Gasteiger partial charge in [0.15, 0.2) is 0 Å². The highest BCUT2D eigenvalue weighted by Crippen LogP contribution is 2.45. The topological polar surface area (TPSA) is 59.0 Å². The molecule has 5 rings (SSSR count). The van der Waals surface area contributed by atoms with Crippen molar-refractivity contribution in [2.24, 2.45) is 0 Å². The Balaban J connectivity index is 1.69. The molecule has 1 amide bonds. The van der Waals surface area contributed by atoms with Gasteiger partial charge in [-0.1, -0.05) is 0 Å². The van der Waals surface area contributed by atoms with E-state index in [4.69, 9.17) is 4.98 Å². The predicted molar refractivity (Wildman–Crippen MR) is 106 cm³/mol. The second-order valence-corrected chi connectivity index (χ2v) is 7.69. The van der Waals surface area contributed by atoms with E-state index in [1.165, 1.54) is 23.8 Å². The maximum atomic E-state index is 12.3. The molecule has 2 aliphatic rings. The van der Waals surface area contributed by atoms with Crippen molar-refractivity contribution in [1.29, 1.82) is 0 Å². The van der Waals surface area contributed by atoms with Crippen LogP contribution in [0.1, 0.15) is 48.6 Å². The highest BCUT2D eigenvalue weighted by molar-refractivity contribution is 5.99. The van der Waals surface area contributed by atoms with Crippen LogP contribution >= 0.6 is 0 Å². The largest absolute Gasteiger partial charge is 0.312 e. The minimum absolute atomic E-state index is 0.229. The lowest BCUT2D eigenvalue weighted by atomic mass is 9.99. The number of hydrogen-bond acceptors (Lipinski definition) is 4. The molecule has 3 aromatic rings. The number of aromatic nitrogens is 3. The first-order valence-corrected chi connectivity index (χ1v) is 9.65. The highest BCUT2D eigenvalue weighted by Gasteiger charge is 2.28. The van der Waals surface area contributed by atoms with Crippen LogP contribution in [0.25, 0.3) is 22.2 Å². The number of fused-ring (bicyclic) bond motifs is 1. The minimum Gasteiger partial charge on any atom is -0.312 e. The first kappa shape index (κ1) is 16.4. The molecule has 1 aromatic carbocycles.